The van der Waals surface area contributed by atoms with E-state index >= 15 is 0 Å². The zero-order valence-corrected chi connectivity index (χ0v) is 10.9. The van der Waals surface area contributed by atoms with E-state index in [1.807, 2.05) is 13.0 Å². The molecule has 0 aliphatic heterocycles. The van der Waals surface area contributed by atoms with Crippen molar-refractivity contribution in [2.45, 2.75) is 19.8 Å². The topological polar surface area (TPSA) is 12.9 Å². The first kappa shape index (κ1) is 11.7. The second-order valence-corrected chi connectivity index (χ2v) is 4.76. The van der Waals surface area contributed by atoms with Gasteiger partial charge in [0.25, 0.3) is 0 Å². The van der Waals surface area contributed by atoms with E-state index in [0.29, 0.717) is 5.15 Å². The Hall–Kier alpha value is -0.730. The first-order valence-corrected chi connectivity index (χ1v) is 6.38. The molecule has 0 saturated heterocycles. The van der Waals surface area contributed by atoms with Gasteiger partial charge in [0.1, 0.15) is 5.15 Å². The van der Waals surface area contributed by atoms with E-state index in [4.69, 9.17) is 11.6 Å². The molecule has 3 heteroatoms. The molecule has 16 heavy (non-hydrogen) atoms. The monoisotopic (exact) mass is 251 g/mol. The number of halogens is 1. The fraction of sp³-hybridized carbons (Fsp3) is 0.308. The van der Waals surface area contributed by atoms with Gasteiger partial charge in [0, 0.05) is 5.39 Å². The predicted molar refractivity (Wildman–Crippen MR) is 73.7 cm³/mol. The minimum Gasteiger partial charge on any atom is -0.236 e. The van der Waals surface area contributed by atoms with Crippen LogP contribution in [0.3, 0.4) is 0 Å². The lowest BCUT2D eigenvalue weighted by Crippen LogP contribution is -1.89. The number of rotatable bonds is 3. The van der Waals surface area contributed by atoms with Gasteiger partial charge in [-0.2, -0.15) is 12.6 Å². The van der Waals surface area contributed by atoms with Crippen molar-refractivity contribution in [3.05, 3.63) is 40.5 Å². The van der Waals surface area contributed by atoms with Gasteiger partial charge in [-0.1, -0.05) is 17.7 Å². The summed E-state index contributed by atoms with van der Waals surface area (Å²) in [5.41, 5.74) is 3.33. The van der Waals surface area contributed by atoms with E-state index in [1.54, 1.807) is 0 Å². The molecule has 2 aromatic rings. The number of aryl methyl sites for hydroxylation is 2. The first-order valence-electron chi connectivity index (χ1n) is 5.37. The minimum atomic E-state index is 0.593. The molecule has 0 N–H and O–H groups in total. The number of hydrogen-bond acceptors (Lipinski definition) is 2. The van der Waals surface area contributed by atoms with E-state index in [0.717, 1.165) is 29.7 Å². The van der Waals surface area contributed by atoms with E-state index in [1.165, 1.54) is 10.9 Å². The normalized spacial score (nSPS) is 10.9. The maximum absolute atomic E-state index is 5.99. The second-order valence-electron chi connectivity index (χ2n) is 3.95. The molecule has 1 nitrogen and oxygen atoms in total. The average Bonchev–Trinajstić information content (AvgIpc) is 2.28. The smallest absolute Gasteiger partial charge is 0.132 e. The molecule has 0 amide bonds. The number of thiol groups is 1. The lowest BCUT2D eigenvalue weighted by atomic mass is 10.1. The van der Waals surface area contributed by atoms with Crippen LogP contribution in [0, 0.1) is 6.92 Å². The summed E-state index contributed by atoms with van der Waals surface area (Å²) in [5.74, 6) is 0.927. The summed E-state index contributed by atoms with van der Waals surface area (Å²) < 4.78 is 0. The third-order valence-electron chi connectivity index (χ3n) is 2.63. The highest BCUT2D eigenvalue weighted by molar-refractivity contribution is 7.80. The molecule has 0 bridgehead atoms. The molecule has 0 spiro atoms. The van der Waals surface area contributed by atoms with Gasteiger partial charge in [0.15, 0.2) is 0 Å². The van der Waals surface area contributed by atoms with Crippen LogP contribution in [0.25, 0.3) is 10.9 Å². The molecule has 1 aromatic heterocycles. The van der Waals surface area contributed by atoms with E-state index in [-0.39, 0.29) is 0 Å². The van der Waals surface area contributed by atoms with Crippen LogP contribution < -0.4 is 0 Å². The van der Waals surface area contributed by atoms with Crippen molar-refractivity contribution < 1.29 is 0 Å². The number of hydrogen-bond donors (Lipinski definition) is 1. The number of fused-ring (bicyclic) bond motifs is 1. The van der Waals surface area contributed by atoms with Crippen LogP contribution in [0.15, 0.2) is 24.3 Å². The van der Waals surface area contributed by atoms with E-state index in [9.17, 15) is 0 Å². The fourth-order valence-electron chi connectivity index (χ4n) is 1.75. The van der Waals surface area contributed by atoms with Gasteiger partial charge in [-0.3, -0.25) is 0 Å². The standard InChI is InChI=1S/C13H14ClNS/c1-9-7-11-8-10(3-2-6-16)4-5-12(11)15-13(9)14/h4-5,7-8,16H,2-3,6H2,1H3. The Labute approximate surface area is 106 Å². The summed E-state index contributed by atoms with van der Waals surface area (Å²) in [6, 6.07) is 8.43. The Balaban J connectivity index is 2.41. The SMILES string of the molecule is Cc1cc2cc(CCCS)ccc2nc1Cl. The van der Waals surface area contributed by atoms with Gasteiger partial charge in [-0.05, 0) is 54.8 Å². The zero-order chi connectivity index (χ0) is 11.5. The Morgan fingerprint density at radius 1 is 1.31 bits per heavy atom. The maximum Gasteiger partial charge on any atom is 0.132 e. The molecule has 0 aliphatic carbocycles. The van der Waals surface area contributed by atoms with Crippen LogP contribution in [0.1, 0.15) is 17.5 Å². The lowest BCUT2D eigenvalue weighted by Gasteiger charge is -2.04. The van der Waals surface area contributed by atoms with E-state index in [2.05, 4.69) is 35.8 Å². The Kier molecular flexibility index (Phi) is 3.72. The fourth-order valence-corrected chi connectivity index (χ4v) is 2.05. The number of nitrogens with zero attached hydrogens (tertiary/aromatic N) is 1. The molecular formula is C13H14ClNS. The Morgan fingerprint density at radius 3 is 2.88 bits per heavy atom. The summed E-state index contributed by atoms with van der Waals surface area (Å²) in [5, 5.41) is 1.76. The predicted octanol–water partition coefficient (Wildman–Crippen LogP) is 4.06. The molecule has 0 radical (unpaired) electrons. The second kappa shape index (κ2) is 5.07. The molecule has 1 aromatic carbocycles. The van der Waals surface area contributed by atoms with E-state index < -0.39 is 0 Å². The summed E-state index contributed by atoms with van der Waals surface area (Å²) in [4.78, 5) is 4.35. The highest BCUT2D eigenvalue weighted by Crippen LogP contribution is 2.21. The molecule has 0 saturated carbocycles. The molecule has 1 heterocycles. The number of benzene rings is 1. The first-order chi connectivity index (χ1) is 7.70. The van der Waals surface area contributed by atoms with Gasteiger partial charge in [0.2, 0.25) is 0 Å². The highest BCUT2D eigenvalue weighted by atomic mass is 35.5. The van der Waals surface area contributed by atoms with Gasteiger partial charge < -0.3 is 0 Å². The summed E-state index contributed by atoms with van der Waals surface area (Å²) in [7, 11) is 0. The highest BCUT2D eigenvalue weighted by Gasteiger charge is 2.02. The van der Waals surface area contributed by atoms with Crippen LogP contribution in [-0.2, 0) is 6.42 Å². The van der Waals surface area contributed by atoms with Crippen LogP contribution in [0.4, 0.5) is 0 Å². The van der Waals surface area contributed by atoms with Crippen LogP contribution in [-0.4, -0.2) is 10.7 Å². The average molecular weight is 252 g/mol. The van der Waals surface area contributed by atoms with Crippen LogP contribution in [0.2, 0.25) is 5.15 Å². The third kappa shape index (κ3) is 2.50. The summed E-state index contributed by atoms with van der Waals surface area (Å²) >= 11 is 10.2. The lowest BCUT2D eigenvalue weighted by molar-refractivity contribution is 0.938. The Morgan fingerprint density at radius 2 is 2.12 bits per heavy atom. The maximum atomic E-state index is 5.99. The van der Waals surface area contributed by atoms with Gasteiger partial charge in [0.05, 0.1) is 5.52 Å². The van der Waals surface area contributed by atoms with Crippen molar-refractivity contribution in [2.75, 3.05) is 5.75 Å². The third-order valence-corrected chi connectivity index (χ3v) is 3.33. The van der Waals surface area contributed by atoms with Crippen LogP contribution in [0.5, 0.6) is 0 Å². The largest absolute Gasteiger partial charge is 0.236 e. The zero-order valence-electron chi connectivity index (χ0n) is 9.20. The summed E-state index contributed by atoms with van der Waals surface area (Å²) in [6.45, 7) is 1.98. The molecule has 0 atom stereocenters. The quantitative estimate of drug-likeness (QED) is 0.641. The molecule has 0 unspecified atom stereocenters. The molecule has 0 fully saturated rings. The molecule has 2 rings (SSSR count). The Bertz CT molecular complexity index is 511. The van der Waals surface area contributed by atoms with Gasteiger partial charge in [-0.25, -0.2) is 4.98 Å². The van der Waals surface area contributed by atoms with Crippen molar-refractivity contribution in [3.8, 4) is 0 Å². The van der Waals surface area contributed by atoms with Crippen molar-refractivity contribution in [1.29, 1.82) is 0 Å². The van der Waals surface area contributed by atoms with Crippen molar-refractivity contribution in [1.82, 2.24) is 4.98 Å². The molecule has 0 aliphatic rings. The van der Waals surface area contributed by atoms with Crippen molar-refractivity contribution >= 4 is 35.1 Å². The number of aromatic nitrogens is 1. The van der Waals surface area contributed by atoms with Crippen LogP contribution >= 0.6 is 24.2 Å². The minimum absolute atomic E-state index is 0.593. The van der Waals surface area contributed by atoms with Gasteiger partial charge >= 0.3 is 0 Å². The molecule has 84 valence electrons. The van der Waals surface area contributed by atoms with Crippen molar-refractivity contribution in [3.63, 3.8) is 0 Å². The number of pyridine rings is 1. The van der Waals surface area contributed by atoms with Crippen molar-refractivity contribution in [2.24, 2.45) is 0 Å². The van der Waals surface area contributed by atoms with Gasteiger partial charge in [-0.15, -0.1) is 0 Å². The molecular weight excluding hydrogens is 238 g/mol. The summed E-state index contributed by atoms with van der Waals surface area (Å²) in [6.07, 6.45) is 2.18.